The number of nitrogens with one attached hydrogen (secondary N) is 3. The quantitative estimate of drug-likeness (QED) is 0.253. The van der Waals surface area contributed by atoms with Crippen molar-refractivity contribution in [1.82, 2.24) is 15.1 Å². The van der Waals surface area contributed by atoms with Gasteiger partial charge < -0.3 is 30.8 Å². The van der Waals surface area contributed by atoms with Crippen LogP contribution in [-0.4, -0.2) is 57.3 Å². The van der Waals surface area contributed by atoms with E-state index in [0.717, 1.165) is 10.5 Å². The second-order valence-corrected chi connectivity index (χ2v) is 10.9. The molecule has 12 heteroatoms. The molecule has 1 aliphatic rings. The van der Waals surface area contributed by atoms with E-state index < -0.39 is 53.9 Å². The third-order valence-electron chi connectivity index (χ3n) is 6.61. The molecule has 2 aromatic carbocycles. The molecule has 41 heavy (non-hydrogen) atoms. The molecule has 0 saturated carbocycles. The summed E-state index contributed by atoms with van der Waals surface area (Å²) in [4.78, 5) is 65.8. The molecule has 0 aliphatic carbocycles. The standard InChI is InChI=1S/C29H37N5O6.Na/c1-18(2)15-23(25(37)30-19(3)16-24(35)36)34-26(38)29(4,5)33(28(34)40)17-20-11-13-22(14-12-20)32-27(39)31-21-9-7-6-8-10-21;/h6-14,18-19,23H,15-17H2,1-5H3,(H,30,37)(H,35,36)(H2,31,32,39);/q;+1/p-1/t19-,23+;/m1./s1. The molecule has 1 saturated heterocycles. The summed E-state index contributed by atoms with van der Waals surface area (Å²) < 4.78 is 0. The van der Waals surface area contributed by atoms with E-state index in [1.165, 1.54) is 11.8 Å². The fourth-order valence-corrected chi connectivity index (χ4v) is 4.51. The number of amides is 6. The second-order valence-electron chi connectivity index (χ2n) is 10.9. The second kappa shape index (κ2) is 14.5. The minimum Gasteiger partial charge on any atom is -0.550 e. The van der Waals surface area contributed by atoms with E-state index in [-0.39, 0.29) is 48.4 Å². The summed E-state index contributed by atoms with van der Waals surface area (Å²) in [6, 6.07) is 13.1. The van der Waals surface area contributed by atoms with Gasteiger partial charge >= 0.3 is 41.6 Å². The van der Waals surface area contributed by atoms with E-state index in [4.69, 9.17) is 0 Å². The molecular formula is C29H36N5NaO6. The van der Waals surface area contributed by atoms with Gasteiger partial charge in [0.05, 0.1) is 0 Å². The van der Waals surface area contributed by atoms with Gasteiger partial charge in [-0.15, -0.1) is 0 Å². The Hall–Kier alpha value is -3.41. The first kappa shape index (κ1) is 33.8. The van der Waals surface area contributed by atoms with Gasteiger partial charge in [0.25, 0.3) is 5.91 Å². The number of hydrogen-bond acceptors (Lipinski definition) is 6. The predicted molar refractivity (Wildman–Crippen MR) is 148 cm³/mol. The van der Waals surface area contributed by atoms with Crippen LogP contribution in [0.3, 0.4) is 0 Å². The van der Waals surface area contributed by atoms with Crippen LogP contribution in [0.1, 0.15) is 53.0 Å². The van der Waals surface area contributed by atoms with Crippen molar-refractivity contribution in [1.29, 1.82) is 0 Å². The van der Waals surface area contributed by atoms with Crippen LogP contribution in [0.15, 0.2) is 54.6 Å². The van der Waals surface area contributed by atoms with Gasteiger partial charge in [-0.05, 0) is 62.9 Å². The molecule has 0 aromatic heterocycles. The Morgan fingerprint density at radius 2 is 1.46 bits per heavy atom. The number of para-hydroxylation sites is 1. The van der Waals surface area contributed by atoms with Crippen LogP contribution in [0.2, 0.25) is 0 Å². The average Bonchev–Trinajstić information content (AvgIpc) is 3.02. The SMILES string of the molecule is CC(C)C[C@@H](C(=O)N[C@H](C)CC(=O)[O-])N1C(=O)N(Cc2ccc(NC(=O)Nc3ccccc3)cc2)C(C)(C)C1=O.[Na+]. The van der Waals surface area contributed by atoms with Crippen LogP contribution in [0, 0.1) is 5.92 Å². The molecule has 3 N–H and O–H groups in total. The van der Waals surface area contributed by atoms with Crippen molar-refractivity contribution in [3.63, 3.8) is 0 Å². The molecule has 6 amide bonds. The number of hydrogen-bond donors (Lipinski definition) is 3. The van der Waals surface area contributed by atoms with Gasteiger partial charge in [-0.25, -0.2) is 14.5 Å². The summed E-state index contributed by atoms with van der Waals surface area (Å²) in [7, 11) is 0. The third kappa shape index (κ3) is 8.79. The van der Waals surface area contributed by atoms with Crippen LogP contribution in [0.5, 0.6) is 0 Å². The van der Waals surface area contributed by atoms with Gasteiger partial charge in [-0.2, -0.15) is 0 Å². The van der Waals surface area contributed by atoms with Crippen molar-refractivity contribution >= 4 is 41.2 Å². The minimum absolute atomic E-state index is 0. The first-order valence-corrected chi connectivity index (χ1v) is 13.2. The van der Waals surface area contributed by atoms with Gasteiger partial charge in [-0.1, -0.05) is 44.2 Å². The van der Waals surface area contributed by atoms with Gasteiger partial charge in [-0.3, -0.25) is 9.59 Å². The molecule has 1 heterocycles. The van der Waals surface area contributed by atoms with Gasteiger partial charge in [0, 0.05) is 36.4 Å². The molecule has 1 aliphatic heterocycles. The van der Waals surface area contributed by atoms with Crippen LogP contribution < -0.4 is 50.6 Å². The van der Waals surface area contributed by atoms with Crippen molar-refractivity contribution < 1.29 is 58.6 Å². The molecule has 0 unspecified atom stereocenters. The third-order valence-corrected chi connectivity index (χ3v) is 6.61. The number of carbonyl (C=O) groups excluding carboxylic acids is 5. The van der Waals surface area contributed by atoms with Gasteiger partial charge in [0.15, 0.2) is 0 Å². The number of carboxylic acids is 1. The minimum atomic E-state index is -1.31. The normalized spacial score (nSPS) is 15.7. The van der Waals surface area contributed by atoms with Crippen molar-refractivity contribution in [3.05, 3.63) is 60.2 Å². The Morgan fingerprint density at radius 1 is 0.902 bits per heavy atom. The number of nitrogens with zero attached hydrogens (tertiary/aromatic N) is 2. The fourth-order valence-electron chi connectivity index (χ4n) is 4.51. The number of carbonyl (C=O) groups is 5. The molecule has 2 atom stereocenters. The molecule has 3 rings (SSSR count). The van der Waals surface area contributed by atoms with Gasteiger partial charge in [0.2, 0.25) is 5.91 Å². The number of carboxylic acid groups (broad SMARTS) is 1. The molecule has 214 valence electrons. The molecule has 0 bridgehead atoms. The first-order chi connectivity index (χ1) is 18.8. The fraction of sp³-hybridized carbons (Fsp3) is 0.414. The number of benzene rings is 2. The first-order valence-electron chi connectivity index (χ1n) is 13.2. The predicted octanol–water partition coefficient (Wildman–Crippen LogP) is -0.0632. The van der Waals surface area contributed by atoms with E-state index in [2.05, 4.69) is 16.0 Å². The molecule has 1 fully saturated rings. The Labute approximate surface area is 262 Å². The Kier molecular flexibility index (Phi) is 11.9. The summed E-state index contributed by atoms with van der Waals surface area (Å²) in [5.74, 6) is -2.44. The molecule has 2 aromatic rings. The van der Waals surface area contributed by atoms with Crippen molar-refractivity contribution in [2.75, 3.05) is 10.6 Å². The van der Waals surface area contributed by atoms with E-state index in [0.29, 0.717) is 11.4 Å². The van der Waals surface area contributed by atoms with Crippen LogP contribution in [-0.2, 0) is 20.9 Å². The smallest absolute Gasteiger partial charge is 0.550 e. The zero-order valence-electron chi connectivity index (χ0n) is 24.4. The number of imide groups is 1. The van der Waals surface area contributed by atoms with E-state index in [1.54, 1.807) is 50.2 Å². The number of aliphatic carboxylic acids is 1. The summed E-state index contributed by atoms with van der Waals surface area (Å²) in [5.41, 5.74) is 0.688. The van der Waals surface area contributed by atoms with Crippen molar-refractivity contribution in [2.45, 2.75) is 71.6 Å². The maximum absolute atomic E-state index is 13.6. The molecular weight excluding hydrogens is 537 g/mol. The Bertz CT molecular complexity index is 1250. The summed E-state index contributed by atoms with van der Waals surface area (Å²) in [5, 5.41) is 19.0. The monoisotopic (exact) mass is 573 g/mol. The van der Waals surface area contributed by atoms with Crippen molar-refractivity contribution in [3.8, 4) is 0 Å². The maximum atomic E-state index is 13.6. The Morgan fingerprint density at radius 3 is 2.00 bits per heavy atom. The number of rotatable bonds is 11. The zero-order valence-corrected chi connectivity index (χ0v) is 26.4. The van der Waals surface area contributed by atoms with E-state index in [1.807, 2.05) is 32.0 Å². The largest absolute Gasteiger partial charge is 1.00 e. The van der Waals surface area contributed by atoms with Crippen molar-refractivity contribution in [2.24, 2.45) is 5.92 Å². The Balaban J connectivity index is 0.00000588. The zero-order chi connectivity index (χ0) is 29.6. The van der Waals surface area contributed by atoms with Crippen LogP contribution >= 0.6 is 0 Å². The summed E-state index contributed by atoms with van der Waals surface area (Å²) in [6.45, 7) is 8.61. The maximum Gasteiger partial charge on any atom is 1.00 e. The molecule has 0 radical (unpaired) electrons. The summed E-state index contributed by atoms with van der Waals surface area (Å²) >= 11 is 0. The summed E-state index contributed by atoms with van der Waals surface area (Å²) in [6.07, 6.45) is -0.172. The number of urea groups is 2. The van der Waals surface area contributed by atoms with Gasteiger partial charge in [0.1, 0.15) is 11.6 Å². The van der Waals surface area contributed by atoms with Crippen LogP contribution in [0.4, 0.5) is 21.0 Å². The van der Waals surface area contributed by atoms with Crippen LogP contribution in [0.25, 0.3) is 0 Å². The topological polar surface area (TPSA) is 151 Å². The molecule has 11 nitrogen and oxygen atoms in total. The number of anilines is 2. The van der Waals surface area contributed by atoms with E-state index in [9.17, 15) is 29.1 Å². The average molecular weight is 574 g/mol. The van der Waals surface area contributed by atoms with E-state index >= 15 is 0 Å². The molecule has 0 spiro atoms.